The summed E-state index contributed by atoms with van der Waals surface area (Å²) >= 11 is 0. The van der Waals surface area contributed by atoms with Crippen molar-refractivity contribution in [1.82, 2.24) is 15.5 Å². The number of amides is 1. The van der Waals surface area contributed by atoms with Crippen molar-refractivity contribution in [1.29, 1.82) is 0 Å². The minimum atomic E-state index is 0.0197. The van der Waals surface area contributed by atoms with Crippen LogP contribution >= 0.6 is 0 Å². The zero-order chi connectivity index (χ0) is 21.4. The maximum absolute atomic E-state index is 12.4. The first kappa shape index (κ1) is 22.6. The fourth-order valence-corrected chi connectivity index (χ4v) is 4.18. The molecule has 2 fully saturated rings. The van der Waals surface area contributed by atoms with Gasteiger partial charge in [-0.2, -0.15) is 0 Å². The van der Waals surface area contributed by atoms with E-state index in [9.17, 15) is 4.79 Å². The number of carbonyl (C=O) groups excluding carboxylic acids is 1. The maximum atomic E-state index is 12.4. The summed E-state index contributed by atoms with van der Waals surface area (Å²) < 4.78 is 5.47. The Morgan fingerprint density at radius 2 is 1.93 bits per heavy atom. The van der Waals surface area contributed by atoms with Crippen LogP contribution in [-0.2, 0) is 16.1 Å². The summed E-state index contributed by atoms with van der Waals surface area (Å²) in [5.41, 5.74) is 1.99. The fraction of sp³-hybridized carbons (Fsp3) is 0.652. The second kappa shape index (κ2) is 10.8. The number of hydrogen-bond acceptors (Lipinski definition) is 4. The third-order valence-corrected chi connectivity index (χ3v) is 6.16. The number of hydrogen-bond donors (Lipinski definition) is 3. The van der Waals surface area contributed by atoms with E-state index in [1.54, 1.807) is 7.05 Å². The Morgan fingerprint density at radius 1 is 1.20 bits per heavy atom. The molecule has 0 aromatic heterocycles. The quantitative estimate of drug-likeness (QED) is 0.471. The summed E-state index contributed by atoms with van der Waals surface area (Å²) in [5.74, 6) is 1.10. The predicted octanol–water partition coefficient (Wildman–Crippen LogP) is 2.59. The van der Waals surface area contributed by atoms with Crippen LogP contribution in [0.5, 0.6) is 0 Å². The van der Waals surface area contributed by atoms with E-state index in [0.717, 1.165) is 75.7 Å². The van der Waals surface area contributed by atoms with E-state index in [0.29, 0.717) is 6.54 Å². The van der Waals surface area contributed by atoms with Crippen LogP contribution in [0, 0.1) is 5.92 Å². The normalized spacial score (nSPS) is 19.0. The number of ether oxygens (including phenoxy) is 1. The number of morpholine rings is 1. The Hall–Kier alpha value is -2.12. The van der Waals surface area contributed by atoms with Gasteiger partial charge in [-0.15, -0.1) is 0 Å². The van der Waals surface area contributed by atoms with Crippen LogP contribution in [0.1, 0.15) is 45.1 Å². The molecule has 2 aliphatic rings. The number of benzene rings is 1. The van der Waals surface area contributed by atoms with Gasteiger partial charge in [-0.05, 0) is 44.4 Å². The van der Waals surface area contributed by atoms with Crippen molar-refractivity contribution < 1.29 is 9.53 Å². The van der Waals surface area contributed by atoms with Crippen molar-refractivity contribution >= 4 is 17.6 Å². The largest absolute Gasteiger partial charge is 0.379 e. The number of anilines is 1. The van der Waals surface area contributed by atoms with Crippen LogP contribution in [0.25, 0.3) is 0 Å². The van der Waals surface area contributed by atoms with Gasteiger partial charge in [0.15, 0.2) is 5.96 Å². The molecule has 1 heterocycles. The van der Waals surface area contributed by atoms with Crippen LogP contribution in [0.15, 0.2) is 29.3 Å². The number of guanidine groups is 1. The molecular formula is C23H37N5O2. The highest BCUT2D eigenvalue weighted by Crippen LogP contribution is 2.26. The van der Waals surface area contributed by atoms with Crippen molar-refractivity contribution in [3.63, 3.8) is 0 Å². The van der Waals surface area contributed by atoms with Crippen LogP contribution in [-0.4, -0.2) is 62.2 Å². The first-order chi connectivity index (χ1) is 14.5. The molecule has 166 valence electrons. The summed E-state index contributed by atoms with van der Waals surface area (Å²) in [5, 5.41) is 9.91. The molecular weight excluding hydrogens is 378 g/mol. The van der Waals surface area contributed by atoms with E-state index in [-0.39, 0.29) is 17.4 Å². The molecule has 0 bridgehead atoms. The van der Waals surface area contributed by atoms with Gasteiger partial charge in [-0.25, -0.2) is 0 Å². The monoisotopic (exact) mass is 415 g/mol. The molecule has 0 spiro atoms. The van der Waals surface area contributed by atoms with E-state index in [4.69, 9.17) is 4.74 Å². The highest BCUT2D eigenvalue weighted by atomic mass is 16.5. The van der Waals surface area contributed by atoms with E-state index in [1.165, 1.54) is 0 Å². The van der Waals surface area contributed by atoms with Crippen molar-refractivity contribution in [2.75, 3.05) is 45.2 Å². The summed E-state index contributed by atoms with van der Waals surface area (Å²) in [4.78, 5) is 19.2. The minimum absolute atomic E-state index is 0.0197. The lowest BCUT2D eigenvalue weighted by Gasteiger charge is -2.41. The Balaban J connectivity index is 1.48. The molecule has 7 heteroatoms. The number of nitrogens with zero attached hydrogens (tertiary/aromatic N) is 2. The Labute approximate surface area is 180 Å². The van der Waals surface area contributed by atoms with Gasteiger partial charge in [0.25, 0.3) is 0 Å². The summed E-state index contributed by atoms with van der Waals surface area (Å²) in [6.07, 6.45) is 4.35. The summed E-state index contributed by atoms with van der Waals surface area (Å²) in [6.45, 7) is 9.44. The molecule has 0 radical (unpaired) electrons. The van der Waals surface area contributed by atoms with E-state index >= 15 is 0 Å². The number of aliphatic imine (C=N–C) groups is 1. The van der Waals surface area contributed by atoms with Crippen LogP contribution in [0.2, 0.25) is 0 Å². The molecule has 0 unspecified atom stereocenters. The van der Waals surface area contributed by atoms with Gasteiger partial charge in [0.2, 0.25) is 5.91 Å². The van der Waals surface area contributed by atoms with Crippen molar-refractivity contribution in [2.45, 2.75) is 51.6 Å². The molecule has 1 amide bonds. The Kier molecular flexibility index (Phi) is 8.10. The lowest BCUT2D eigenvalue weighted by Crippen LogP contribution is -2.56. The van der Waals surface area contributed by atoms with E-state index < -0.39 is 0 Å². The number of rotatable bonds is 7. The van der Waals surface area contributed by atoms with Crippen LogP contribution < -0.4 is 16.0 Å². The lowest BCUT2D eigenvalue weighted by atomic mass is 10.0. The number of nitrogens with one attached hydrogen (secondary N) is 3. The molecule has 1 aromatic carbocycles. The molecule has 1 saturated carbocycles. The highest BCUT2D eigenvalue weighted by Gasteiger charge is 2.28. The Morgan fingerprint density at radius 3 is 2.63 bits per heavy atom. The highest BCUT2D eigenvalue weighted by molar-refractivity contribution is 5.92. The molecule has 7 nitrogen and oxygen atoms in total. The molecule has 3 rings (SSSR count). The molecule has 1 aromatic rings. The van der Waals surface area contributed by atoms with Crippen molar-refractivity contribution in [3.05, 3.63) is 29.8 Å². The topological polar surface area (TPSA) is 78.0 Å². The van der Waals surface area contributed by atoms with Gasteiger partial charge in [0.05, 0.1) is 13.2 Å². The van der Waals surface area contributed by atoms with Gasteiger partial charge < -0.3 is 20.7 Å². The fourth-order valence-electron chi connectivity index (χ4n) is 4.18. The van der Waals surface area contributed by atoms with Crippen LogP contribution in [0.4, 0.5) is 5.69 Å². The molecule has 0 atom stereocenters. The van der Waals surface area contributed by atoms with Crippen molar-refractivity contribution in [3.8, 4) is 0 Å². The predicted molar refractivity (Wildman–Crippen MR) is 122 cm³/mol. The van der Waals surface area contributed by atoms with Gasteiger partial charge in [-0.3, -0.25) is 14.7 Å². The molecule has 30 heavy (non-hydrogen) atoms. The second-order valence-corrected chi connectivity index (χ2v) is 8.86. The second-order valence-electron chi connectivity index (χ2n) is 8.86. The van der Waals surface area contributed by atoms with Gasteiger partial charge in [0.1, 0.15) is 0 Å². The van der Waals surface area contributed by atoms with Gasteiger partial charge in [-0.1, -0.05) is 25.0 Å². The first-order valence-corrected chi connectivity index (χ1v) is 11.1. The van der Waals surface area contributed by atoms with Gasteiger partial charge >= 0.3 is 0 Å². The SMILES string of the molecule is CN=C(NCc1cccc(NC(=O)C2CCCC2)c1)NCC(C)(C)N1CCOCC1. The average molecular weight is 416 g/mol. The smallest absolute Gasteiger partial charge is 0.227 e. The van der Waals surface area contributed by atoms with Crippen LogP contribution in [0.3, 0.4) is 0 Å². The molecule has 3 N–H and O–H groups in total. The number of carbonyl (C=O) groups is 1. The maximum Gasteiger partial charge on any atom is 0.227 e. The summed E-state index contributed by atoms with van der Waals surface area (Å²) in [6, 6.07) is 8.03. The first-order valence-electron chi connectivity index (χ1n) is 11.1. The Bertz CT molecular complexity index is 722. The van der Waals surface area contributed by atoms with Gasteiger partial charge in [0, 0.05) is 50.4 Å². The zero-order valence-electron chi connectivity index (χ0n) is 18.7. The van der Waals surface area contributed by atoms with E-state index in [1.807, 2.05) is 18.2 Å². The molecule has 1 aliphatic carbocycles. The summed E-state index contributed by atoms with van der Waals surface area (Å²) in [7, 11) is 1.79. The average Bonchev–Trinajstić information content (AvgIpc) is 3.30. The third-order valence-electron chi connectivity index (χ3n) is 6.16. The lowest BCUT2D eigenvalue weighted by molar-refractivity contribution is -0.119. The zero-order valence-corrected chi connectivity index (χ0v) is 18.7. The van der Waals surface area contributed by atoms with E-state index in [2.05, 4.69) is 45.8 Å². The standard InChI is InChI=1S/C23H37N5O2/c1-23(2,28-11-13-30-14-12-28)17-26-22(24-3)25-16-18-7-6-10-20(15-18)27-21(29)19-8-4-5-9-19/h6-7,10,15,19H,4-5,8-9,11-14,16-17H2,1-3H3,(H,27,29)(H2,24,25,26). The molecule has 1 aliphatic heterocycles. The minimum Gasteiger partial charge on any atom is -0.379 e. The third kappa shape index (κ3) is 6.44. The molecule has 1 saturated heterocycles. The van der Waals surface area contributed by atoms with Crippen molar-refractivity contribution in [2.24, 2.45) is 10.9 Å².